The van der Waals surface area contributed by atoms with Gasteiger partial charge in [0.2, 0.25) is 0 Å². The summed E-state index contributed by atoms with van der Waals surface area (Å²) < 4.78 is 10.6. The topological polar surface area (TPSA) is 18.5 Å². The van der Waals surface area contributed by atoms with E-state index < -0.39 is 8.56 Å². The first-order chi connectivity index (χ1) is 5.10. The van der Waals surface area contributed by atoms with Gasteiger partial charge in [0.1, 0.15) is 0 Å². The molecule has 1 atom stereocenters. The molecule has 11 heavy (non-hydrogen) atoms. The van der Waals surface area contributed by atoms with Gasteiger partial charge in [0.05, 0.1) is 5.00 Å². The molecule has 0 saturated carbocycles. The monoisotopic (exact) mass is 196 g/mol. The molecule has 0 aromatic carbocycles. The van der Waals surface area contributed by atoms with Crippen LogP contribution in [0, 0.1) is 0 Å². The first-order valence-corrected chi connectivity index (χ1v) is 6.68. The van der Waals surface area contributed by atoms with Gasteiger partial charge >= 0.3 is 8.56 Å². The van der Waals surface area contributed by atoms with Crippen molar-refractivity contribution >= 4 is 20.2 Å². The van der Waals surface area contributed by atoms with E-state index in [4.69, 9.17) is 20.5 Å². The van der Waals surface area contributed by atoms with Gasteiger partial charge < -0.3 is 8.85 Å². The second-order valence-corrected chi connectivity index (χ2v) is 7.12. The second kappa shape index (κ2) is 5.14. The molecule has 4 heteroatoms. The van der Waals surface area contributed by atoms with Crippen LogP contribution in [-0.4, -0.2) is 27.8 Å². The van der Waals surface area contributed by atoms with Crippen LogP contribution in [-0.2, 0) is 8.85 Å². The highest BCUT2D eigenvalue weighted by atomic mass is 35.5. The third-order valence-electron chi connectivity index (χ3n) is 1.92. The van der Waals surface area contributed by atoms with Crippen LogP contribution in [0.2, 0.25) is 6.55 Å². The van der Waals surface area contributed by atoms with Crippen LogP contribution in [0.1, 0.15) is 19.8 Å². The van der Waals surface area contributed by atoms with E-state index in [-0.39, 0.29) is 5.00 Å². The van der Waals surface area contributed by atoms with Crippen molar-refractivity contribution in [3.05, 3.63) is 0 Å². The van der Waals surface area contributed by atoms with E-state index >= 15 is 0 Å². The molecule has 0 spiro atoms. The molecule has 0 rings (SSSR count). The molecule has 0 amide bonds. The molecule has 1 unspecified atom stereocenters. The molecule has 0 bridgehead atoms. The Morgan fingerprint density at radius 3 is 2.09 bits per heavy atom. The van der Waals surface area contributed by atoms with Crippen molar-refractivity contribution in [2.75, 3.05) is 14.2 Å². The van der Waals surface area contributed by atoms with Crippen molar-refractivity contribution in [3.8, 4) is 0 Å². The zero-order chi connectivity index (χ0) is 8.91. The highest BCUT2D eigenvalue weighted by Crippen LogP contribution is 2.20. The standard InChI is InChI=1S/C7H17ClO2Si/c1-5-6-7(8)11(4,9-2)10-3/h7H,5-6H2,1-4H3. The van der Waals surface area contributed by atoms with E-state index in [1.165, 1.54) is 0 Å². The maximum atomic E-state index is 6.10. The van der Waals surface area contributed by atoms with E-state index in [0.29, 0.717) is 0 Å². The SMILES string of the molecule is CCCC(Cl)[Si](C)(OC)OC. The predicted octanol–water partition coefficient (Wildman–Crippen LogP) is 2.30. The number of halogens is 1. The Morgan fingerprint density at radius 1 is 1.36 bits per heavy atom. The summed E-state index contributed by atoms with van der Waals surface area (Å²) in [6, 6.07) is 0. The van der Waals surface area contributed by atoms with Crippen molar-refractivity contribution in [3.63, 3.8) is 0 Å². The molecular weight excluding hydrogens is 180 g/mol. The van der Waals surface area contributed by atoms with Gasteiger partial charge in [-0.05, 0) is 13.0 Å². The first kappa shape index (κ1) is 11.4. The van der Waals surface area contributed by atoms with Gasteiger partial charge in [-0.1, -0.05) is 13.3 Å². The molecule has 68 valence electrons. The average Bonchev–Trinajstić information content (AvgIpc) is 2.03. The summed E-state index contributed by atoms with van der Waals surface area (Å²) in [4.78, 5) is 0. The van der Waals surface area contributed by atoms with E-state index in [0.717, 1.165) is 12.8 Å². The van der Waals surface area contributed by atoms with Crippen molar-refractivity contribution in [1.29, 1.82) is 0 Å². The summed E-state index contributed by atoms with van der Waals surface area (Å²) >= 11 is 6.10. The number of rotatable bonds is 5. The van der Waals surface area contributed by atoms with Gasteiger partial charge in [-0.15, -0.1) is 11.6 Å². The molecule has 0 fully saturated rings. The quantitative estimate of drug-likeness (QED) is 0.496. The molecule has 0 N–H and O–H groups in total. The zero-order valence-electron chi connectivity index (χ0n) is 7.69. The number of hydrogen-bond donors (Lipinski definition) is 0. The molecule has 0 aliphatic heterocycles. The van der Waals surface area contributed by atoms with Crippen LogP contribution in [0.5, 0.6) is 0 Å². The first-order valence-electron chi connectivity index (χ1n) is 3.85. The summed E-state index contributed by atoms with van der Waals surface area (Å²) in [5, 5.41) is 0.0579. The molecule has 0 radical (unpaired) electrons. The van der Waals surface area contributed by atoms with Crippen LogP contribution in [0.25, 0.3) is 0 Å². The lowest BCUT2D eigenvalue weighted by molar-refractivity contribution is 0.245. The fourth-order valence-electron chi connectivity index (χ4n) is 0.855. The fourth-order valence-corrected chi connectivity index (χ4v) is 3.10. The van der Waals surface area contributed by atoms with Gasteiger partial charge in [0.25, 0.3) is 0 Å². The summed E-state index contributed by atoms with van der Waals surface area (Å²) in [6.45, 7) is 4.09. The van der Waals surface area contributed by atoms with E-state index in [1.54, 1.807) is 14.2 Å². The largest absolute Gasteiger partial charge is 0.397 e. The Morgan fingerprint density at radius 2 is 1.82 bits per heavy atom. The molecule has 0 aliphatic carbocycles. The lowest BCUT2D eigenvalue weighted by atomic mass is 10.4. The lowest BCUT2D eigenvalue weighted by Gasteiger charge is -2.27. The van der Waals surface area contributed by atoms with Gasteiger partial charge in [0, 0.05) is 14.2 Å². The summed E-state index contributed by atoms with van der Waals surface area (Å²) in [5.74, 6) is 0. The summed E-state index contributed by atoms with van der Waals surface area (Å²) in [5.41, 5.74) is 0. The average molecular weight is 197 g/mol. The second-order valence-electron chi connectivity index (χ2n) is 2.68. The molecule has 0 aliphatic rings. The third kappa shape index (κ3) is 3.11. The lowest BCUT2D eigenvalue weighted by Crippen LogP contribution is -2.46. The molecular formula is C7H17ClO2Si. The Labute approximate surface area is 75.1 Å². The fraction of sp³-hybridized carbons (Fsp3) is 1.00. The highest BCUT2D eigenvalue weighted by molar-refractivity contribution is 6.75. The molecule has 0 aromatic rings. The Hall–Kier alpha value is 0.427. The van der Waals surface area contributed by atoms with Gasteiger partial charge in [-0.25, -0.2) is 0 Å². The highest BCUT2D eigenvalue weighted by Gasteiger charge is 2.37. The van der Waals surface area contributed by atoms with Gasteiger partial charge in [-0.3, -0.25) is 0 Å². The van der Waals surface area contributed by atoms with E-state index in [1.807, 2.05) is 6.55 Å². The minimum Gasteiger partial charge on any atom is -0.397 e. The smallest absolute Gasteiger partial charge is 0.352 e. The maximum absolute atomic E-state index is 6.10. The Kier molecular flexibility index (Phi) is 5.34. The zero-order valence-corrected chi connectivity index (χ0v) is 9.44. The van der Waals surface area contributed by atoms with E-state index in [2.05, 4.69) is 6.92 Å². The normalized spacial score (nSPS) is 15.0. The van der Waals surface area contributed by atoms with Crippen LogP contribution >= 0.6 is 11.6 Å². The predicted molar refractivity (Wildman–Crippen MR) is 50.2 cm³/mol. The molecule has 0 heterocycles. The van der Waals surface area contributed by atoms with Gasteiger partial charge in [-0.2, -0.15) is 0 Å². The Bertz CT molecular complexity index is 107. The molecule has 2 nitrogen and oxygen atoms in total. The third-order valence-corrected chi connectivity index (χ3v) is 6.38. The van der Waals surface area contributed by atoms with Crippen molar-refractivity contribution < 1.29 is 8.85 Å². The van der Waals surface area contributed by atoms with Gasteiger partial charge in [0.15, 0.2) is 0 Å². The minimum absolute atomic E-state index is 0.0579. The molecule has 0 aromatic heterocycles. The summed E-state index contributed by atoms with van der Waals surface area (Å²) in [6.07, 6.45) is 2.04. The maximum Gasteiger partial charge on any atom is 0.352 e. The summed E-state index contributed by atoms with van der Waals surface area (Å²) in [7, 11) is 1.28. The minimum atomic E-state index is -2.06. The van der Waals surface area contributed by atoms with E-state index in [9.17, 15) is 0 Å². The van der Waals surface area contributed by atoms with Crippen LogP contribution in [0.4, 0.5) is 0 Å². The Balaban J connectivity index is 4.00. The van der Waals surface area contributed by atoms with Crippen LogP contribution < -0.4 is 0 Å². The van der Waals surface area contributed by atoms with Crippen molar-refractivity contribution in [2.45, 2.75) is 31.3 Å². The van der Waals surface area contributed by atoms with Crippen LogP contribution in [0.15, 0.2) is 0 Å². The molecule has 0 saturated heterocycles. The van der Waals surface area contributed by atoms with Crippen molar-refractivity contribution in [1.82, 2.24) is 0 Å². The number of hydrogen-bond acceptors (Lipinski definition) is 2. The number of alkyl halides is 1. The van der Waals surface area contributed by atoms with Crippen LogP contribution in [0.3, 0.4) is 0 Å². The van der Waals surface area contributed by atoms with Crippen molar-refractivity contribution in [2.24, 2.45) is 0 Å².